The fraction of sp³-hybridized carbons (Fsp3) is 0.200. The average molecular weight is 289 g/mol. The number of nitrogens with zero attached hydrogens (tertiary/aromatic N) is 1. The molecule has 0 saturated heterocycles. The molecule has 20 heavy (non-hydrogen) atoms. The molecular weight excluding hydrogens is 273 g/mol. The van der Waals surface area contributed by atoms with Crippen molar-refractivity contribution in [2.75, 3.05) is 5.32 Å². The van der Waals surface area contributed by atoms with Crippen LogP contribution >= 0.6 is 12.2 Å². The van der Waals surface area contributed by atoms with Crippen LogP contribution in [0.3, 0.4) is 0 Å². The largest absolute Gasteiger partial charge is 0.388 e. The minimum atomic E-state index is -0.199. The molecule has 0 fully saturated rings. The molecule has 1 unspecified atom stereocenters. The maximum atomic E-state index is 13.6. The number of hydrogen-bond acceptors (Lipinski definition) is 3. The number of thiocarbonyl (C=S) groups is 1. The summed E-state index contributed by atoms with van der Waals surface area (Å²) in [5, 5.41) is 3.28. The first kappa shape index (κ1) is 14.4. The highest BCUT2D eigenvalue weighted by molar-refractivity contribution is 7.80. The number of anilines is 1. The lowest BCUT2D eigenvalue weighted by atomic mass is 10.1. The third-order valence-corrected chi connectivity index (χ3v) is 3.30. The van der Waals surface area contributed by atoms with E-state index in [1.54, 1.807) is 31.3 Å². The number of rotatable bonds is 4. The Morgan fingerprint density at radius 1 is 1.35 bits per heavy atom. The van der Waals surface area contributed by atoms with Crippen LogP contribution in [0, 0.1) is 12.7 Å². The first-order chi connectivity index (χ1) is 9.47. The fourth-order valence-corrected chi connectivity index (χ4v) is 1.98. The minimum absolute atomic E-state index is 0.0355. The molecule has 104 valence electrons. The standard InChI is InChI=1S/C15H16FN3S/c1-9-3-4-11(7-13(9)16)10(2)19-12-5-6-18-14(8-12)15(17)20/h3-8,10H,1-2H3,(H2,17,20)(H,18,19). The first-order valence-corrected chi connectivity index (χ1v) is 6.66. The van der Waals surface area contributed by atoms with Crippen LogP contribution < -0.4 is 11.1 Å². The molecule has 1 heterocycles. The maximum Gasteiger partial charge on any atom is 0.126 e. The number of hydrogen-bond donors (Lipinski definition) is 2. The Morgan fingerprint density at radius 2 is 2.10 bits per heavy atom. The second-order valence-electron chi connectivity index (χ2n) is 4.67. The summed E-state index contributed by atoms with van der Waals surface area (Å²) in [4.78, 5) is 4.33. The molecule has 0 radical (unpaired) electrons. The normalized spacial score (nSPS) is 11.9. The van der Waals surface area contributed by atoms with Crippen LogP contribution in [0.2, 0.25) is 0 Å². The van der Waals surface area contributed by atoms with Gasteiger partial charge < -0.3 is 11.1 Å². The van der Waals surface area contributed by atoms with Gasteiger partial charge in [0.15, 0.2) is 0 Å². The van der Waals surface area contributed by atoms with Crippen molar-refractivity contribution in [2.45, 2.75) is 19.9 Å². The average Bonchev–Trinajstić information content (AvgIpc) is 2.42. The van der Waals surface area contributed by atoms with Crippen molar-refractivity contribution in [3.8, 4) is 0 Å². The summed E-state index contributed by atoms with van der Waals surface area (Å²) in [5.74, 6) is -0.199. The van der Waals surface area contributed by atoms with Gasteiger partial charge in [-0.1, -0.05) is 24.4 Å². The molecule has 5 heteroatoms. The Kier molecular flexibility index (Phi) is 4.29. The van der Waals surface area contributed by atoms with Gasteiger partial charge in [0.25, 0.3) is 0 Å². The lowest BCUT2D eigenvalue weighted by Crippen LogP contribution is -2.13. The van der Waals surface area contributed by atoms with Gasteiger partial charge >= 0.3 is 0 Å². The Labute approximate surface area is 123 Å². The summed E-state index contributed by atoms with van der Waals surface area (Å²) in [6.07, 6.45) is 1.64. The molecule has 2 rings (SSSR count). The summed E-state index contributed by atoms with van der Waals surface area (Å²) in [6, 6.07) is 8.79. The third-order valence-electron chi connectivity index (χ3n) is 3.09. The summed E-state index contributed by atoms with van der Waals surface area (Å²) in [6.45, 7) is 3.71. The van der Waals surface area contributed by atoms with E-state index in [1.165, 1.54) is 0 Å². The zero-order valence-corrected chi connectivity index (χ0v) is 12.2. The van der Waals surface area contributed by atoms with Crippen molar-refractivity contribution < 1.29 is 4.39 Å². The van der Waals surface area contributed by atoms with Gasteiger partial charge in [0.2, 0.25) is 0 Å². The predicted molar refractivity (Wildman–Crippen MR) is 83.3 cm³/mol. The molecule has 3 N–H and O–H groups in total. The van der Waals surface area contributed by atoms with Gasteiger partial charge in [-0.15, -0.1) is 0 Å². The van der Waals surface area contributed by atoms with E-state index in [1.807, 2.05) is 19.1 Å². The van der Waals surface area contributed by atoms with E-state index in [0.29, 0.717) is 11.3 Å². The van der Waals surface area contributed by atoms with Gasteiger partial charge in [0, 0.05) is 17.9 Å². The fourth-order valence-electron chi connectivity index (χ4n) is 1.87. The van der Waals surface area contributed by atoms with Gasteiger partial charge in [-0.3, -0.25) is 4.98 Å². The molecule has 0 bridgehead atoms. The molecule has 0 aliphatic heterocycles. The van der Waals surface area contributed by atoms with E-state index in [-0.39, 0.29) is 16.8 Å². The van der Waals surface area contributed by atoms with Crippen LogP contribution in [-0.2, 0) is 0 Å². The number of benzene rings is 1. The molecule has 0 spiro atoms. The van der Waals surface area contributed by atoms with Crippen molar-refractivity contribution in [1.29, 1.82) is 0 Å². The lowest BCUT2D eigenvalue weighted by molar-refractivity contribution is 0.614. The molecule has 0 amide bonds. The van der Waals surface area contributed by atoms with Crippen molar-refractivity contribution in [3.05, 3.63) is 59.2 Å². The molecule has 0 aliphatic rings. The number of pyridine rings is 1. The molecule has 2 aromatic rings. The van der Waals surface area contributed by atoms with Gasteiger partial charge in [0.1, 0.15) is 10.8 Å². The first-order valence-electron chi connectivity index (χ1n) is 6.26. The number of aromatic nitrogens is 1. The van der Waals surface area contributed by atoms with Crippen LogP contribution in [0.25, 0.3) is 0 Å². The van der Waals surface area contributed by atoms with Gasteiger partial charge in [0.05, 0.1) is 5.69 Å². The van der Waals surface area contributed by atoms with Crippen LogP contribution in [0.4, 0.5) is 10.1 Å². The number of aryl methyl sites for hydroxylation is 1. The smallest absolute Gasteiger partial charge is 0.126 e. The van der Waals surface area contributed by atoms with Crippen molar-refractivity contribution in [1.82, 2.24) is 4.98 Å². The van der Waals surface area contributed by atoms with Crippen molar-refractivity contribution >= 4 is 22.9 Å². The van der Waals surface area contributed by atoms with E-state index < -0.39 is 0 Å². The summed E-state index contributed by atoms with van der Waals surface area (Å²) in [7, 11) is 0. The number of halogens is 1. The monoisotopic (exact) mass is 289 g/mol. The van der Waals surface area contributed by atoms with E-state index in [0.717, 1.165) is 11.3 Å². The SMILES string of the molecule is Cc1ccc(C(C)Nc2ccnc(C(N)=S)c2)cc1F. The second-order valence-corrected chi connectivity index (χ2v) is 5.11. The quantitative estimate of drug-likeness (QED) is 0.848. The van der Waals surface area contributed by atoms with Crippen molar-refractivity contribution in [2.24, 2.45) is 5.73 Å². The lowest BCUT2D eigenvalue weighted by Gasteiger charge is -2.16. The maximum absolute atomic E-state index is 13.6. The highest BCUT2D eigenvalue weighted by Gasteiger charge is 2.08. The Bertz CT molecular complexity index is 643. The molecular formula is C15H16FN3S. The van der Waals surface area contributed by atoms with E-state index in [9.17, 15) is 4.39 Å². The van der Waals surface area contributed by atoms with E-state index in [2.05, 4.69) is 10.3 Å². The Hall–Kier alpha value is -2.01. The highest BCUT2D eigenvalue weighted by atomic mass is 32.1. The van der Waals surface area contributed by atoms with Gasteiger partial charge in [-0.05, 0) is 43.2 Å². The van der Waals surface area contributed by atoms with Crippen LogP contribution in [-0.4, -0.2) is 9.97 Å². The molecule has 1 aromatic carbocycles. The van der Waals surface area contributed by atoms with Crippen LogP contribution in [0.15, 0.2) is 36.5 Å². The molecule has 0 aliphatic carbocycles. The summed E-state index contributed by atoms with van der Waals surface area (Å²) >= 11 is 4.90. The van der Waals surface area contributed by atoms with Gasteiger partial charge in [-0.25, -0.2) is 4.39 Å². The van der Waals surface area contributed by atoms with Crippen LogP contribution in [0.1, 0.15) is 29.8 Å². The third kappa shape index (κ3) is 3.30. The summed E-state index contributed by atoms with van der Waals surface area (Å²) in [5.41, 5.74) is 8.47. The van der Waals surface area contributed by atoms with Gasteiger partial charge in [-0.2, -0.15) is 0 Å². The van der Waals surface area contributed by atoms with Crippen LogP contribution in [0.5, 0.6) is 0 Å². The molecule has 3 nitrogen and oxygen atoms in total. The zero-order chi connectivity index (χ0) is 14.7. The predicted octanol–water partition coefficient (Wildman–Crippen LogP) is 3.34. The minimum Gasteiger partial charge on any atom is -0.388 e. The number of nitrogens with one attached hydrogen (secondary N) is 1. The van der Waals surface area contributed by atoms with E-state index >= 15 is 0 Å². The second kappa shape index (κ2) is 5.96. The highest BCUT2D eigenvalue weighted by Crippen LogP contribution is 2.21. The number of nitrogens with two attached hydrogens (primary N) is 1. The van der Waals surface area contributed by atoms with E-state index in [4.69, 9.17) is 18.0 Å². The van der Waals surface area contributed by atoms with Crippen molar-refractivity contribution in [3.63, 3.8) is 0 Å². The molecule has 1 atom stereocenters. The Morgan fingerprint density at radius 3 is 2.75 bits per heavy atom. The summed E-state index contributed by atoms with van der Waals surface area (Å²) < 4.78 is 13.6. The zero-order valence-electron chi connectivity index (χ0n) is 11.4. The topological polar surface area (TPSA) is 50.9 Å². The Balaban J connectivity index is 2.18. The molecule has 0 saturated carbocycles. The molecule has 1 aromatic heterocycles.